The van der Waals surface area contributed by atoms with Crippen LogP contribution in [-0.4, -0.2) is 57.2 Å². The number of benzene rings is 1. The second-order valence-electron chi connectivity index (χ2n) is 5.95. The van der Waals surface area contributed by atoms with Crippen molar-refractivity contribution in [2.24, 2.45) is 0 Å². The highest BCUT2D eigenvalue weighted by molar-refractivity contribution is 5.97. The zero-order valence-corrected chi connectivity index (χ0v) is 15.2. The molecule has 0 atom stereocenters. The number of anilines is 1. The quantitative estimate of drug-likeness (QED) is 0.694. The van der Waals surface area contributed by atoms with Crippen molar-refractivity contribution in [2.75, 3.05) is 45.3 Å². The topological polar surface area (TPSA) is 71.1 Å². The van der Waals surface area contributed by atoms with Gasteiger partial charge in [-0.3, -0.25) is 9.69 Å². The zero-order chi connectivity index (χ0) is 18.2. The van der Waals surface area contributed by atoms with E-state index in [-0.39, 0.29) is 18.5 Å². The molecule has 7 heteroatoms. The van der Waals surface area contributed by atoms with Gasteiger partial charge in [0.1, 0.15) is 18.0 Å². The van der Waals surface area contributed by atoms with Gasteiger partial charge in [-0.2, -0.15) is 0 Å². The maximum Gasteiger partial charge on any atom is 0.325 e. The Morgan fingerprint density at radius 1 is 1.20 bits per heavy atom. The first kappa shape index (κ1) is 18.9. The van der Waals surface area contributed by atoms with E-state index in [0.717, 1.165) is 19.3 Å². The molecule has 0 unspecified atom stereocenters. The van der Waals surface area contributed by atoms with Gasteiger partial charge in [-0.15, -0.1) is 0 Å². The van der Waals surface area contributed by atoms with Gasteiger partial charge in [-0.25, -0.2) is 4.79 Å². The normalized spacial score (nSPS) is 14.0. The lowest BCUT2D eigenvalue weighted by Crippen LogP contribution is -2.40. The van der Waals surface area contributed by atoms with Gasteiger partial charge in [-0.1, -0.05) is 19.8 Å². The molecular weight excluding hydrogens is 322 g/mol. The number of amides is 3. The number of methoxy groups -OCH3 is 2. The van der Waals surface area contributed by atoms with Crippen molar-refractivity contribution >= 4 is 17.6 Å². The molecule has 138 valence electrons. The Morgan fingerprint density at radius 2 is 2.00 bits per heavy atom. The largest absolute Gasteiger partial charge is 0.497 e. The van der Waals surface area contributed by atoms with E-state index < -0.39 is 0 Å². The molecule has 0 radical (unpaired) electrons. The maximum absolute atomic E-state index is 12.7. The summed E-state index contributed by atoms with van der Waals surface area (Å²) in [6, 6.07) is 5.12. The smallest absolute Gasteiger partial charge is 0.325 e. The first-order valence-corrected chi connectivity index (χ1v) is 8.65. The van der Waals surface area contributed by atoms with E-state index >= 15 is 0 Å². The second kappa shape index (κ2) is 9.15. The van der Waals surface area contributed by atoms with E-state index in [1.807, 2.05) is 0 Å². The van der Waals surface area contributed by atoms with Crippen molar-refractivity contribution in [3.05, 3.63) is 18.2 Å². The lowest BCUT2D eigenvalue weighted by molar-refractivity contribution is -0.121. The first-order valence-electron chi connectivity index (χ1n) is 8.65. The molecule has 0 bridgehead atoms. The van der Waals surface area contributed by atoms with Crippen molar-refractivity contribution < 1.29 is 19.1 Å². The Hall–Kier alpha value is -2.44. The third-order valence-electron chi connectivity index (χ3n) is 4.21. The number of unbranched alkanes of at least 4 members (excludes halogenated alkanes) is 2. The van der Waals surface area contributed by atoms with Crippen LogP contribution in [0.4, 0.5) is 10.5 Å². The molecule has 0 spiro atoms. The predicted molar refractivity (Wildman–Crippen MR) is 96.4 cm³/mol. The Bertz CT molecular complexity index is 606. The fourth-order valence-electron chi connectivity index (χ4n) is 2.79. The van der Waals surface area contributed by atoms with Gasteiger partial charge in [0.05, 0.1) is 19.9 Å². The van der Waals surface area contributed by atoms with Gasteiger partial charge < -0.3 is 19.7 Å². The molecular formula is C18H27N3O4. The van der Waals surface area contributed by atoms with Crippen LogP contribution in [0.5, 0.6) is 11.5 Å². The number of nitrogens with zero attached hydrogens (tertiary/aromatic N) is 2. The maximum atomic E-state index is 12.7. The molecule has 0 saturated carbocycles. The molecule has 1 aromatic carbocycles. The summed E-state index contributed by atoms with van der Waals surface area (Å²) in [4.78, 5) is 27.8. The molecule has 1 N–H and O–H groups in total. The zero-order valence-electron chi connectivity index (χ0n) is 15.2. The summed E-state index contributed by atoms with van der Waals surface area (Å²) in [5.41, 5.74) is 0.651. The Labute approximate surface area is 148 Å². The van der Waals surface area contributed by atoms with Gasteiger partial charge in [0.2, 0.25) is 5.91 Å². The number of ether oxygens (including phenoxy) is 2. The highest BCUT2D eigenvalue weighted by Crippen LogP contribution is 2.34. The van der Waals surface area contributed by atoms with Crippen LogP contribution in [0.15, 0.2) is 18.2 Å². The molecule has 1 fully saturated rings. The summed E-state index contributed by atoms with van der Waals surface area (Å²) >= 11 is 0. The van der Waals surface area contributed by atoms with Gasteiger partial charge in [0.25, 0.3) is 0 Å². The lowest BCUT2D eigenvalue weighted by Gasteiger charge is -2.21. The summed E-state index contributed by atoms with van der Waals surface area (Å²) in [6.07, 6.45) is 3.16. The third-order valence-corrected chi connectivity index (χ3v) is 4.21. The molecule has 1 aliphatic rings. The average Bonchev–Trinajstić information content (AvgIpc) is 2.98. The summed E-state index contributed by atoms with van der Waals surface area (Å²) in [7, 11) is 3.14. The van der Waals surface area contributed by atoms with E-state index in [1.165, 1.54) is 0 Å². The summed E-state index contributed by atoms with van der Waals surface area (Å²) in [5, 5.41) is 2.86. The number of nitrogens with one attached hydrogen (secondary N) is 1. The highest BCUT2D eigenvalue weighted by atomic mass is 16.5. The number of rotatable bonds is 9. The molecule has 1 aromatic rings. The summed E-state index contributed by atoms with van der Waals surface area (Å²) < 4.78 is 10.6. The van der Waals surface area contributed by atoms with Crippen LogP contribution < -0.4 is 19.7 Å². The molecule has 1 saturated heterocycles. The number of hydrogen-bond donors (Lipinski definition) is 1. The highest BCUT2D eigenvalue weighted by Gasteiger charge is 2.32. The average molecular weight is 349 g/mol. The Balaban J connectivity index is 1.98. The van der Waals surface area contributed by atoms with Crippen LogP contribution in [0.2, 0.25) is 0 Å². The fraction of sp³-hybridized carbons (Fsp3) is 0.556. The monoisotopic (exact) mass is 349 g/mol. The van der Waals surface area contributed by atoms with E-state index in [2.05, 4.69) is 12.2 Å². The van der Waals surface area contributed by atoms with Gasteiger partial charge in [-0.05, 0) is 18.6 Å². The van der Waals surface area contributed by atoms with Crippen molar-refractivity contribution in [1.82, 2.24) is 10.2 Å². The van der Waals surface area contributed by atoms with Gasteiger partial charge in [0.15, 0.2) is 0 Å². The standard InChI is InChI=1S/C18H27N3O4/c1-4-5-6-9-19-17(22)13-20-10-11-21(18(20)23)15-12-14(24-2)7-8-16(15)25-3/h7-8,12H,4-6,9-11,13H2,1-3H3,(H,19,22). The summed E-state index contributed by atoms with van der Waals surface area (Å²) in [5.74, 6) is 1.12. The van der Waals surface area contributed by atoms with Crippen molar-refractivity contribution in [2.45, 2.75) is 26.2 Å². The van der Waals surface area contributed by atoms with Crippen LogP contribution in [0.3, 0.4) is 0 Å². The Morgan fingerprint density at radius 3 is 2.68 bits per heavy atom. The van der Waals surface area contributed by atoms with E-state index in [4.69, 9.17) is 9.47 Å². The number of carbonyl (C=O) groups excluding carboxylic acids is 2. The molecule has 1 heterocycles. The van der Waals surface area contributed by atoms with Gasteiger partial charge in [0, 0.05) is 25.7 Å². The molecule has 0 aliphatic carbocycles. The number of carbonyl (C=O) groups is 2. The van der Waals surface area contributed by atoms with E-state index in [1.54, 1.807) is 42.2 Å². The number of urea groups is 1. The van der Waals surface area contributed by atoms with Crippen molar-refractivity contribution in [3.63, 3.8) is 0 Å². The predicted octanol–water partition coefficient (Wildman–Crippen LogP) is 2.25. The summed E-state index contributed by atoms with van der Waals surface area (Å²) in [6.45, 7) is 3.86. The molecule has 7 nitrogen and oxygen atoms in total. The molecule has 1 aliphatic heterocycles. The fourth-order valence-corrected chi connectivity index (χ4v) is 2.79. The SMILES string of the molecule is CCCCCNC(=O)CN1CCN(c2cc(OC)ccc2OC)C1=O. The molecule has 2 rings (SSSR count). The van der Waals surface area contributed by atoms with Gasteiger partial charge >= 0.3 is 6.03 Å². The molecule has 0 aromatic heterocycles. The lowest BCUT2D eigenvalue weighted by atomic mass is 10.2. The number of hydrogen-bond acceptors (Lipinski definition) is 4. The third kappa shape index (κ3) is 4.78. The van der Waals surface area contributed by atoms with Crippen LogP contribution in [-0.2, 0) is 4.79 Å². The molecule has 3 amide bonds. The second-order valence-corrected chi connectivity index (χ2v) is 5.95. The van der Waals surface area contributed by atoms with Crippen molar-refractivity contribution in [3.8, 4) is 11.5 Å². The van der Waals surface area contributed by atoms with Crippen LogP contribution in [0.1, 0.15) is 26.2 Å². The van der Waals surface area contributed by atoms with Crippen molar-refractivity contribution in [1.29, 1.82) is 0 Å². The van der Waals surface area contributed by atoms with E-state index in [0.29, 0.717) is 36.8 Å². The minimum atomic E-state index is -0.199. The molecule has 25 heavy (non-hydrogen) atoms. The van der Waals surface area contributed by atoms with Crippen LogP contribution in [0, 0.1) is 0 Å². The van der Waals surface area contributed by atoms with Crippen LogP contribution >= 0.6 is 0 Å². The van der Waals surface area contributed by atoms with Crippen LogP contribution in [0.25, 0.3) is 0 Å². The Kier molecular flexibility index (Phi) is 6.91. The minimum absolute atomic E-state index is 0.0771. The minimum Gasteiger partial charge on any atom is -0.497 e. The first-order chi connectivity index (χ1) is 12.1. The van der Waals surface area contributed by atoms with E-state index in [9.17, 15) is 9.59 Å².